The summed E-state index contributed by atoms with van der Waals surface area (Å²) in [5, 5.41) is 1.11. The first-order valence-corrected chi connectivity index (χ1v) is 6.51. The molecule has 0 atom stereocenters. The first-order valence-electron chi connectivity index (χ1n) is 6.51. The molecule has 3 nitrogen and oxygen atoms in total. The SMILES string of the molecule is COc1cccc(OCc2cc3cccc(C)c3o2)c1. The summed E-state index contributed by atoms with van der Waals surface area (Å²) >= 11 is 0. The fourth-order valence-electron chi connectivity index (χ4n) is 2.18. The summed E-state index contributed by atoms with van der Waals surface area (Å²) in [6, 6.07) is 15.7. The molecule has 1 aromatic heterocycles. The summed E-state index contributed by atoms with van der Waals surface area (Å²) in [6.45, 7) is 2.44. The van der Waals surface area contributed by atoms with Crippen molar-refractivity contribution in [1.82, 2.24) is 0 Å². The summed E-state index contributed by atoms with van der Waals surface area (Å²) < 4.78 is 16.7. The lowest BCUT2D eigenvalue weighted by Gasteiger charge is -2.05. The number of furan rings is 1. The van der Waals surface area contributed by atoms with E-state index in [1.165, 1.54) is 0 Å². The minimum absolute atomic E-state index is 0.404. The van der Waals surface area contributed by atoms with E-state index in [1.54, 1.807) is 7.11 Å². The van der Waals surface area contributed by atoms with Gasteiger partial charge in [0.1, 0.15) is 29.4 Å². The molecular weight excluding hydrogens is 252 g/mol. The van der Waals surface area contributed by atoms with Crippen LogP contribution in [0.3, 0.4) is 0 Å². The van der Waals surface area contributed by atoms with E-state index in [0.717, 1.165) is 33.8 Å². The molecule has 0 aliphatic heterocycles. The van der Waals surface area contributed by atoms with E-state index in [1.807, 2.05) is 55.5 Å². The number of para-hydroxylation sites is 1. The van der Waals surface area contributed by atoms with Gasteiger partial charge in [0.15, 0.2) is 0 Å². The number of rotatable bonds is 4. The van der Waals surface area contributed by atoms with Gasteiger partial charge in [0.2, 0.25) is 0 Å². The molecule has 1 heterocycles. The third-order valence-electron chi connectivity index (χ3n) is 3.21. The third kappa shape index (κ3) is 2.48. The third-order valence-corrected chi connectivity index (χ3v) is 3.21. The second-order valence-corrected chi connectivity index (χ2v) is 4.67. The maximum atomic E-state index is 5.82. The van der Waals surface area contributed by atoms with E-state index in [2.05, 4.69) is 0 Å². The fraction of sp³-hybridized carbons (Fsp3) is 0.176. The zero-order valence-corrected chi connectivity index (χ0v) is 11.6. The minimum Gasteiger partial charge on any atom is -0.497 e. The Morgan fingerprint density at radius 2 is 1.80 bits per heavy atom. The standard InChI is InChI=1S/C17H16O3/c1-12-5-3-6-13-9-16(20-17(12)13)11-19-15-8-4-7-14(10-15)18-2/h3-10H,11H2,1-2H3. The first-order chi connectivity index (χ1) is 9.76. The molecule has 0 amide bonds. The van der Waals surface area contributed by atoms with Crippen molar-refractivity contribution >= 4 is 11.0 Å². The number of hydrogen-bond donors (Lipinski definition) is 0. The number of hydrogen-bond acceptors (Lipinski definition) is 3. The van der Waals surface area contributed by atoms with Crippen LogP contribution in [-0.4, -0.2) is 7.11 Å². The molecule has 102 valence electrons. The maximum absolute atomic E-state index is 5.82. The number of methoxy groups -OCH3 is 1. The van der Waals surface area contributed by atoms with Gasteiger partial charge < -0.3 is 13.9 Å². The van der Waals surface area contributed by atoms with Crippen molar-refractivity contribution in [3.05, 3.63) is 59.9 Å². The molecule has 0 spiro atoms. The van der Waals surface area contributed by atoms with Crippen LogP contribution < -0.4 is 9.47 Å². The molecule has 0 fully saturated rings. The first kappa shape index (κ1) is 12.6. The summed E-state index contributed by atoms with van der Waals surface area (Å²) in [4.78, 5) is 0. The molecule has 0 N–H and O–H groups in total. The van der Waals surface area contributed by atoms with Gasteiger partial charge >= 0.3 is 0 Å². The van der Waals surface area contributed by atoms with Gasteiger partial charge in [-0.3, -0.25) is 0 Å². The lowest BCUT2D eigenvalue weighted by Crippen LogP contribution is -1.93. The molecule has 3 heteroatoms. The van der Waals surface area contributed by atoms with Crippen LogP contribution in [-0.2, 0) is 6.61 Å². The van der Waals surface area contributed by atoms with Gasteiger partial charge in [0.05, 0.1) is 7.11 Å². The van der Waals surface area contributed by atoms with Gasteiger partial charge in [-0.1, -0.05) is 24.3 Å². The second-order valence-electron chi connectivity index (χ2n) is 4.67. The van der Waals surface area contributed by atoms with Crippen LogP contribution in [0, 0.1) is 6.92 Å². The normalized spacial score (nSPS) is 10.7. The Balaban J connectivity index is 1.78. The average molecular weight is 268 g/mol. The van der Waals surface area contributed by atoms with Crippen molar-refractivity contribution in [1.29, 1.82) is 0 Å². The molecule has 3 rings (SSSR count). The maximum Gasteiger partial charge on any atom is 0.146 e. The number of ether oxygens (including phenoxy) is 2. The second kappa shape index (κ2) is 5.29. The van der Waals surface area contributed by atoms with Gasteiger partial charge in [-0.25, -0.2) is 0 Å². The predicted molar refractivity (Wildman–Crippen MR) is 78.3 cm³/mol. The van der Waals surface area contributed by atoms with Gasteiger partial charge in [-0.2, -0.15) is 0 Å². The zero-order chi connectivity index (χ0) is 13.9. The average Bonchev–Trinajstić information content (AvgIpc) is 2.90. The Bertz CT molecular complexity index is 728. The number of fused-ring (bicyclic) bond motifs is 1. The molecule has 0 radical (unpaired) electrons. The van der Waals surface area contributed by atoms with E-state index < -0.39 is 0 Å². The van der Waals surface area contributed by atoms with Crippen LogP contribution in [0.1, 0.15) is 11.3 Å². The van der Waals surface area contributed by atoms with Gasteiger partial charge in [0, 0.05) is 11.5 Å². The van der Waals surface area contributed by atoms with Gasteiger partial charge in [-0.15, -0.1) is 0 Å². The van der Waals surface area contributed by atoms with Crippen LogP contribution in [0.2, 0.25) is 0 Å². The van der Waals surface area contributed by atoms with E-state index in [-0.39, 0.29) is 0 Å². The van der Waals surface area contributed by atoms with Crippen molar-refractivity contribution in [2.75, 3.05) is 7.11 Å². The van der Waals surface area contributed by atoms with Crippen LogP contribution in [0.4, 0.5) is 0 Å². The van der Waals surface area contributed by atoms with Crippen LogP contribution in [0.25, 0.3) is 11.0 Å². The minimum atomic E-state index is 0.404. The molecule has 20 heavy (non-hydrogen) atoms. The Labute approximate surface area is 117 Å². The van der Waals surface area contributed by atoms with Crippen molar-refractivity contribution in [2.45, 2.75) is 13.5 Å². The van der Waals surface area contributed by atoms with Gasteiger partial charge in [0.25, 0.3) is 0 Å². The highest BCUT2D eigenvalue weighted by molar-refractivity contribution is 5.80. The Morgan fingerprint density at radius 3 is 2.60 bits per heavy atom. The molecule has 0 saturated heterocycles. The molecule has 0 saturated carbocycles. The highest BCUT2D eigenvalue weighted by Gasteiger charge is 2.06. The molecule has 0 unspecified atom stereocenters. The van der Waals surface area contributed by atoms with Gasteiger partial charge in [-0.05, 0) is 30.7 Å². The predicted octanol–water partition coefficient (Wildman–Crippen LogP) is 4.33. The lowest BCUT2D eigenvalue weighted by atomic mass is 10.2. The largest absolute Gasteiger partial charge is 0.497 e. The van der Waals surface area contributed by atoms with E-state index in [0.29, 0.717) is 6.61 Å². The summed E-state index contributed by atoms with van der Waals surface area (Å²) in [5.41, 5.74) is 2.06. The quantitative estimate of drug-likeness (QED) is 0.705. The molecular formula is C17H16O3. The van der Waals surface area contributed by atoms with E-state index in [4.69, 9.17) is 13.9 Å². The van der Waals surface area contributed by atoms with Crippen molar-refractivity contribution in [3.8, 4) is 11.5 Å². The topological polar surface area (TPSA) is 31.6 Å². The number of benzene rings is 2. The monoisotopic (exact) mass is 268 g/mol. The molecule has 0 aliphatic carbocycles. The molecule has 0 aliphatic rings. The van der Waals surface area contributed by atoms with Crippen LogP contribution >= 0.6 is 0 Å². The number of aryl methyl sites for hydroxylation is 1. The van der Waals surface area contributed by atoms with Crippen LogP contribution in [0.15, 0.2) is 52.9 Å². The Hall–Kier alpha value is -2.42. The summed E-state index contributed by atoms with van der Waals surface area (Å²) in [6.07, 6.45) is 0. The Kier molecular flexibility index (Phi) is 3.33. The van der Waals surface area contributed by atoms with Crippen molar-refractivity contribution in [2.24, 2.45) is 0 Å². The highest BCUT2D eigenvalue weighted by atomic mass is 16.5. The summed E-state index contributed by atoms with van der Waals surface area (Å²) in [5.74, 6) is 2.36. The zero-order valence-electron chi connectivity index (χ0n) is 11.6. The molecule has 0 bridgehead atoms. The van der Waals surface area contributed by atoms with E-state index in [9.17, 15) is 0 Å². The highest BCUT2D eigenvalue weighted by Crippen LogP contribution is 2.24. The van der Waals surface area contributed by atoms with Crippen LogP contribution in [0.5, 0.6) is 11.5 Å². The smallest absolute Gasteiger partial charge is 0.146 e. The Morgan fingerprint density at radius 1 is 1.00 bits per heavy atom. The van der Waals surface area contributed by atoms with E-state index >= 15 is 0 Å². The van der Waals surface area contributed by atoms with Crippen molar-refractivity contribution < 1.29 is 13.9 Å². The molecule has 3 aromatic rings. The lowest BCUT2D eigenvalue weighted by molar-refractivity contribution is 0.273. The van der Waals surface area contributed by atoms with Crippen molar-refractivity contribution in [3.63, 3.8) is 0 Å². The fourth-order valence-corrected chi connectivity index (χ4v) is 2.18. The summed E-state index contributed by atoms with van der Waals surface area (Å²) in [7, 11) is 1.64. The molecule has 2 aromatic carbocycles.